The number of anilines is 3. The Morgan fingerprint density at radius 2 is 1.62 bits per heavy atom. The third kappa shape index (κ3) is 6.91. The molecule has 0 fully saturated rings. The zero-order valence-electron chi connectivity index (χ0n) is 23.2. The maximum atomic E-state index is 12.2. The summed E-state index contributed by atoms with van der Waals surface area (Å²) >= 11 is 0. The molecule has 7 heteroatoms. The molecule has 3 N–H and O–H groups in total. The zero-order chi connectivity index (χ0) is 27.8. The van der Waals surface area contributed by atoms with Crippen LogP contribution >= 0.6 is 0 Å². The van der Waals surface area contributed by atoms with Crippen LogP contribution in [0.5, 0.6) is 11.5 Å². The average molecular weight is 530 g/mol. The van der Waals surface area contributed by atoms with Crippen molar-refractivity contribution < 1.29 is 19.4 Å². The van der Waals surface area contributed by atoms with Crippen LogP contribution in [0.2, 0.25) is 0 Å². The Morgan fingerprint density at radius 1 is 0.897 bits per heavy atom. The average Bonchev–Trinajstić information content (AvgIpc) is 2.95. The summed E-state index contributed by atoms with van der Waals surface area (Å²) < 4.78 is 6.10. The second kappa shape index (κ2) is 13.2. The number of carbonyl (C=O) groups excluding carboxylic acids is 1. The molecule has 0 spiro atoms. The fourth-order valence-electron chi connectivity index (χ4n) is 4.91. The molecule has 7 nitrogen and oxygen atoms in total. The Bertz CT molecular complexity index is 1310. The third-order valence-electron chi connectivity index (χ3n) is 7.12. The first-order chi connectivity index (χ1) is 18.9. The number of fused-ring (bicyclic) bond motifs is 2. The fourth-order valence-corrected chi connectivity index (χ4v) is 4.91. The van der Waals surface area contributed by atoms with Gasteiger partial charge in [-0.05, 0) is 79.6 Å². The second-order valence-electron chi connectivity index (χ2n) is 10.1. The largest absolute Gasteiger partial charge is 0.478 e. The molecule has 0 unspecified atom stereocenters. The first-order valence-electron chi connectivity index (χ1n) is 14.0. The maximum Gasteiger partial charge on any atom is 0.337 e. The number of carbonyl (C=O) groups is 2. The van der Waals surface area contributed by atoms with E-state index in [2.05, 4.69) is 53.6 Å². The van der Waals surface area contributed by atoms with Crippen LogP contribution in [-0.2, 0) is 12.8 Å². The zero-order valence-corrected chi connectivity index (χ0v) is 23.2. The van der Waals surface area contributed by atoms with Gasteiger partial charge in [0, 0.05) is 31.4 Å². The van der Waals surface area contributed by atoms with Crippen LogP contribution in [0.25, 0.3) is 0 Å². The van der Waals surface area contributed by atoms with Crippen molar-refractivity contribution in [2.24, 2.45) is 0 Å². The van der Waals surface area contributed by atoms with Crippen LogP contribution in [-0.4, -0.2) is 37.1 Å². The van der Waals surface area contributed by atoms with Gasteiger partial charge < -0.3 is 25.4 Å². The summed E-state index contributed by atoms with van der Waals surface area (Å²) in [6.45, 7) is 6.68. The molecule has 0 bridgehead atoms. The summed E-state index contributed by atoms with van der Waals surface area (Å²) in [5.74, 6) is -0.553. The Labute approximate surface area is 231 Å². The van der Waals surface area contributed by atoms with Crippen LogP contribution in [0.15, 0.2) is 54.6 Å². The quantitative estimate of drug-likeness (QED) is 0.170. The number of amides is 1. The lowest BCUT2D eigenvalue weighted by atomic mass is 10.0. The summed E-state index contributed by atoms with van der Waals surface area (Å²) in [5, 5.41) is 15.4. The van der Waals surface area contributed by atoms with Gasteiger partial charge in [-0.1, -0.05) is 44.9 Å². The molecular weight excluding hydrogens is 490 g/mol. The summed E-state index contributed by atoms with van der Waals surface area (Å²) in [6.07, 6.45) is 7.69. The van der Waals surface area contributed by atoms with E-state index < -0.39 is 5.97 Å². The lowest BCUT2D eigenvalue weighted by molar-refractivity contribution is 0.0697. The maximum absolute atomic E-state index is 12.2. The Kier molecular flexibility index (Phi) is 9.47. The highest BCUT2D eigenvalue weighted by Crippen LogP contribution is 2.44. The SMILES string of the molecule is CCCCN(CCCC)c1cccc(CCCc2ccc3c(c2)Oc2cc(C(=O)NC)cc(C(=O)O)c2N3)c1. The van der Waals surface area contributed by atoms with Crippen LogP contribution in [0, 0.1) is 0 Å². The van der Waals surface area contributed by atoms with Crippen molar-refractivity contribution in [3.63, 3.8) is 0 Å². The van der Waals surface area contributed by atoms with Gasteiger partial charge in [0.15, 0.2) is 11.5 Å². The molecule has 39 heavy (non-hydrogen) atoms. The van der Waals surface area contributed by atoms with Crippen molar-refractivity contribution in [3.8, 4) is 11.5 Å². The Balaban J connectivity index is 1.43. The van der Waals surface area contributed by atoms with E-state index in [1.54, 1.807) is 6.07 Å². The highest BCUT2D eigenvalue weighted by atomic mass is 16.5. The van der Waals surface area contributed by atoms with Crippen LogP contribution in [0.3, 0.4) is 0 Å². The van der Waals surface area contributed by atoms with Crippen molar-refractivity contribution in [3.05, 3.63) is 76.9 Å². The number of benzene rings is 3. The van der Waals surface area contributed by atoms with Crippen molar-refractivity contribution in [2.75, 3.05) is 30.4 Å². The Morgan fingerprint density at radius 3 is 2.28 bits per heavy atom. The number of nitrogens with zero attached hydrogens (tertiary/aromatic N) is 1. The molecule has 1 aliphatic heterocycles. The molecule has 3 aromatic rings. The number of rotatable bonds is 13. The number of hydrogen-bond acceptors (Lipinski definition) is 5. The Hall–Kier alpha value is -4.00. The summed E-state index contributed by atoms with van der Waals surface area (Å²) in [4.78, 5) is 26.6. The first-order valence-corrected chi connectivity index (χ1v) is 14.0. The minimum absolute atomic E-state index is 0.00832. The predicted octanol–water partition coefficient (Wildman–Crippen LogP) is 7.18. The predicted molar refractivity (Wildman–Crippen MR) is 157 cm³/mol. The fraction of sp³-hybridized carbons (Fsp3) is 0.375. The number of carboxylic acid groups (broad SMARTS) is 1. The van der Waals surface area contributed by atoms with Crippen molar-refractivity contribution >= 4 is 28.9 Å². The summed E-state index contributed by atoms with van der Waals surface area (Å²) in [6, 6.07) is 17.8. The van der Waals surface area contributed by atoms with E-state index >= 15 is 0 Å². The molecule has 0 atom stereocenters. The van der Waals surface area contributed by atoms with Gasteiger partial charge in [0.05, 0.1) is 16.9 Å². The van der Waals surface area contributed by atoms with E-state index in [0.29, 0.717) is 22.9 Å². The molecule has 3 aromatic carbocycles. The van der Waals surface area contributed by atoms with Gasteiger partial charge in [-0.25, -0.2) is 4.79 Å². The molecule has 0 saturated heterocycles. The molecule has 0 saturated carbocycles. The second-order valence-corrected chi connectivity index (χ2v) is 10.1. The van der Waals surface area contributed by atoms with Gasteiger partial charge in [0.2, 0.25) is 0 Å². The topological polar surface area (TPSA) is 90.9 Å². The first kappa shape index (κ1) is 28.0. The summed E-state index contributed by atoms with van der Waals surface area (Å²) in [7, 11) is 1.51. The van der Waals surface area contributed by atoms with E-state index in [1.807, 2.05) is 18.2 Å². The van der Waals surface area contributed by atoms with Gasteiger partial charge >= 0.3 is 5.97 Å². The molecule has 0 aliphatic carbocycles. The molecular formula is C32H39N3O4. The van der Waals surface area contributed by atoms with E-state index in [0.717, 1.165) is 37.9 Å². The molecule has 1 aliphatic rings. The number of hydrogen-bond donors (Lipinski definition) is 3. The van der Waals surface area contributed by atoms with Gasteiger partial charge in [-0.15, -0.1) is 0 Å². The molecule has 206 valence electrons. The lowest BCUT2D eigenvalue weighted by Crippen LogP contribution is -2.25. The van der Waals surface area contributed by atoms with E-state index in [9.17, 15) is 14.7 Å². The number of nitrogens with one attached hydrogen (secondary N) is 2. The molecule has 4 rings (SSSR count). The van der Waals surface area contributed by atoms with Crippen molar-refractivity contribution in [1.29, 1.82) is 0 Å². The van der Waals surface area contributed by atoms with Crippen LogP contribution < -0.4 is 20.3 Å². The van der Waals surface area contributed by atoms with E-state index in [4.69, 9.17) is 4.74 Å². The number of unbranched alkanes of at least 4 members (excludes halogenated alkanes) is 2. The normalized spacial score (nSPS) is 11.6. The number of ether oxygens (including phenoxy) is 1. The molecule has 1 heterocycles. The highest BCUT2D eigenvalue weighted by Gasteiger charge is 2.25. The van der Waals surface area contributed by atoms with E-state index in [1.165, 1.54) is 50.0 Å². The standard InChI is InChI=1S/C32H39N3O4/c1-4-6-16-35(17-7-5-2)25-13-9-12-22(18-25)10-8-11-23-14-15-27-28(19-23)39-29-21-24(31(36)33-3)20-26(32(37)38)30(29)34-27/h9,12-15,18-21,34H,4-8,10-11,16-17H2,1-3H3,(H,33,36)(H,37,38). The molecule has 1 amide bonds. The van der Waals surface area contributed by atoms with Gasteiger partial charge in [0.1, 0.15) is 0 Å². The molecule has 0 radical (unpaired) electrons. The summed E-state index contributed by atoms with van der Waals surface area (Å²) in [5.41, 5.74) is 5.09. The van der Waals surface area contributed by atoms with Crippen LogP contribution in [0.4, 0.5) is 17.1 Å². The highest BCUT2D eigenvalue weighted by molar-refractivity contribution is 6.03. The van der Waals surface area contributed by atoms with Gasteiger partial charge in [-0.2, -0.15) is 0 Å². The van der Waals surface area contributed by atoms with E-state index in [-0.39, 0.29) is 17.0 Å². The van der Waals surface area contributed by atoms with Crippen LogP contribution in [0.1, 0.15) is 77.8 Å². The third-order valence-corrected chi connectivity index (χ3v) is 7.12. The van der Waals surface area contributed by atoms with Gasteiger partial charge in [-0.3, -0.25) is 4.79 Å². The number of carboxylic acids is 1. The van der Waals surface area contributed by atoms with Gasteiger partial charge in [0.25, 0.3) is 5.91 Å². The number of aromatic carboxylic acids is 1. The van der Waals surface area contributed by atoms with Crippen molar-refractivity contribution in [1.82, 2.24) is 5.32 Å². The number of aryl methyl sites for hydroxylation is 2. The monoisotopic (exact) mass is 529 g/mol. The minimum atomic E-state index is -1.13. The van der Waals surface area contributed by atoms with Crippen molar-refractivity contribution in [2.45, 2.75) is 58.8 Å². The molecule has 0 aromatic heterocycles. The lowest BCUT2D eigenvalue weighted by Gasteiger charge is -2.25. The smallest absolute Gasteiger partial charge is 0.337 e. The minimum Gasteiger partial charge on any atom is -0.478 e.